The molecular formula is C19H21NO4. The monoisotopic (exact) mass is 327 g/mol. The van der Waals surface area contributed by atoms with Crippen LogP contribution in [0.25, 0.3) is 16.5 Å². The van der Waals surface area contributed by atoms with Gasteiger partial charge in [-0.25, -0.2) is 4.79 Å². The van der Waals surface area contributed by atoms with Crippen molar-refractivity contribution in [2.75, 3.05) is 13.1 Å². The lowest BCUT2D eigenvalue weighted by atomic mass is 9.87. The predicted octanol–water partition coefficient (Wildman–Crippen LogP) is 3.22. The van der Waals surface area contributed by atoms with Gasteiger partial charge in [0.1, 0.15) is 11.3 Å². The number of nitrogens with zero attached hydrogens (tertiary/aromatic N) is 1. The van der Waals surface area contributed by atoms with Crippen LogP contribution in [0.5, 0.6) is 5.75 Å². The van der Waals surface area contributed by atoms with Crippen LogP contribution in [0.3, 0.4) is 0 Å². The van der Waals surface area contributed by atoms with Crippen molar-refractivity contribution in [2.24, 2.45) is 0 Å². The molecule has 0 aliphatic carbocycles. The molecule has 0 saturated heterocycles. The number of Topliss-reactive ketones (excluding diaryl/α,β-unsaturated/α-hetero) is 1. The summed E-state index contributed by atoms with van der Waals surface area (Å²) in [6.45, 7) is 9.11. The second kappa shape index (κ2) is 5.82. The van der Waals surface area contributed by atoms with Crippen molar-refractivity contribution in [1.82, 2.24) is 4.90 Å². The highest BCUT2D eigenvalue weighted by Crippen LogP contribution is 2.41. The van der Waals surface area contributed by atoms with E-state index in [-0.39, 0.29) is 5.78 Å². The second-order valence-electron chi connectivity index (χ2n) is 6.32. The smallest absolute Gasteiger partial charge is 0.336 e. The van der Waals surface area contributed by atoms with Gasteiger partial charge in [0.05, 0.1) is 11.1 Å². The van der Waals surface area contributed by atoms with Crippen LogP contribution < -0.4 is 10.4 Å². The minimum atomic E-state index is -0.964. The fourth-order valence-corrected chi connectivity index (χ4v) is 2.93. The van der Waals surface area contributed by atoms with E-state index in [0.29, 0.717) is 22.5 Å². The van der Waals surface area contributed by atoms with Crippen LogP contribution in [0.1, 0.15) is 33.3 Å². The third-order valence-corrected chi connectivity index (χ3v) is 4.30. The summed E-state index contributed by atoms with van der Waals surface area (Å²) in [4.78, 5) is 26.7. The average Bonchev–Trinajstić information content (AvgIpc) is 2.55. The maximum atomic E-state index is 13.0. The van der Waals surface area contributed by atoms with E-state index in [1.807, 2.05) is 37.1 Å². The highest BCUT2D eigenvalue weighted by atomic mass is 16.5. The zero-order valence-electron chi connectivity index (χ0n) is 14.4. The number of benzene rings is 1. The van der Waals surface area contributed by atoms with Gasteiger partial charge in [0.2, 0.25) is 5.78 Å². The molecule has 1 aliphatic heterocycles. The molecule has 1 aromatic heterocycles. The van der Waals surface area contributed by atoms with Crippen molar-refractivity contribution in [1.29, 1.82) is 0 Å². The van der Waals surface area contributed by atoms with Gasteiger partial charge in [-0.3, -0.25) is 4.79 Å². The summed E-state index contributed by atoms with van der Waals surface area (Å²) in [6, 6.07) is 6.72. The first-order valence-corrected chi connectivity index (χ1v) is 8.14. The highest BCUT2D eigenvalue weighted by Gasteiger charge is 2.40. The summed E-state index contributed by atoms with van der Waals surface area (Å²) >= 11 is 0. The van der Waals surface area contributed by atoms with Crippen LogP contribution in [0.2, 0.25) is 0 Å². The lowest BCUT2D eigenvalue weighted by molar-refractivity contribution is -0.126. The van der Waals surface area contributed by atoms with E-state index in [1.54, 1.807) is 19.9 Å². The van der Waals surface area contributed by atoms with E-state index in [2.05, 4.69) is 0 Å². The molecule has 0 radical (unpaired) electrons. The number of ether oxygens (including phenoxy) is 1. The molecule has 0 fully saturated rings. The Balaban J connectivity index is 2.35. The molecule has 0 atom stereocenters. The molecule has 1 aromatic carbocycles. The Kier molecular flexibility index (Phi) is 3.95. The lowest BCUT2D eigenvalue weighted by Gasteiger charge is -2.33. The Morgan fingerprint density at radius 3 is 2.42 bits per heavy atom. The van der Waals surface area contributed by atoms with E-state index < -0.39 is 11.2 Å². The van der Waals surface area contributed by atoms with Gasteiger partial charge in [0.15, 0.2) is 5.60 Å². The van der Waals surface area contributed by atoms with Gasteiger partial charge in [-0.05, 0) is 45.9 Å². The SMILES string of the molecule is CCN(C=C1C(=O)C(C)(C)Oc2ccc3ccc(=O)oc3c21)CC. The molecule has 0 amide bonds. The molecule has 5 heteroatoms. The minimum Gasteiger partial charge on any atom is -0.479 e. The van der Waals surface area contributed by atoms with Crippen molar-refractivity contribution < 1.29 is 13.9 Å². The molecule has 3 rings (SSSR count). The van der Waals surface area contributed by atoms with Crippen LogP contribution in [0, 0.1) is 0 Å². The molecule has 24 heavy (non-hydrogen) atoms. The van der Waals surface area contributed by atoms with Crippen LogP contribution in [-0.4, -0.2) is 29.4 Å². The summed E-state index contributed by atoms with van der Waals surface area (Å²) < 4.78 is 11.3. The van der Waals surface area contributed by atoms with E-state index in [1.165, 1.54) is 6.07 Å². The van der Waals surface area contributed by atoms with E-state index in [9.17, 15) is 9.59 Å². The molecule has 5 nitrogen and oxygen atoms in total. The van der Waals surface area contributed by atoms with Gasteiger partial charge in [-0.2, -0.15) is 0 Å². The molecule has 0 bridgehead atoms. The molecule has 0 saturated carbocycles. The zero-order valence-corrected chi connectivity index (χ0v) is 14.4. The molecular weight excluding hydrogens is 306 g/mol. The van der Waals surface area contributed by atoms with Gasteiger partial charge in [0.25, 0.3) is 0 Å². The minimum absolute atomic E-state index is 0.124. The second-order valence-corrected chi connectivity index (χ2v) is 6.32. The van der Waals surface area contributed by atoms with Crippen molar-refractivity contribution in [3.8, 4) is 5.75 Å². The van der Waals surface area contributed by atoms with Gasteiger partial charge in [-0.15, -0.1) is 0 Å². The van der Waals surface area contributed by atoms with Crippen molar-refractivity contribution in [3.05, 3.63) is 46.4 Å². The molecule has 0 unspecified atom stereocenters. The molecule has 1 aliphatic rings. The number of rotatable bonds is 3. The van der Waals surface area contributed by atoms with Crippen molar-refractivity contribution >= 4 is 22.3 Å². The quantitative estimate of drug-likeness (QED) is 0.640. The van der Waals surface area contributed by atoms with Crippen LogP contribution in [0.15, 0.2) is 39.7 Å². The number of ketones is 1. The molecule has 2 heterocycles. The summed E-state index contributed by atoms with van der Waals surface area (Å²) in [7, 11) is 0. The first kappa shape index (κ1) is 16.3. The summed E-state index contributed by atoms with van der Waals surface area (Å²) in [5.74, 6) is 0.431. The third kappa shape index (κ3) is 2.60. The van der Waals surface area contributed by atoms with E-state index >= 15 is 0 Å². The molecule has 0 N–H and O–H groups in total. The molecule has 2 aromatic rings. The van der Waals surface area contributed by atoms with Crippen molar-refractivity contribution in [3.63, 3.8) is 0 Å². The Hall–Kier alpha value is -2.56. The largest absolute Gasteiger partial charge is 0.479 e. The zero-order chi connectivity index (χ0) is 17.5. The number of carbonyl (C=O) groups excluding carboxylic acids is 1. The Morgan fingerprint density at radius 2 is 1.75 bits per heavy atom. The number of hydrogen-bond acceptors (Lipinski definition) is 5. The Labute approximate surface area is 140 Å². The summed E-state index contributed by atoms with van der Waals surface area (Å²) in [5, 5.41) is 0.759. The standard InChI is InChI=1S/C19H21NO4/c1-5-20(6-2)11-13-16-14(24-19(3,4)18(13)22)9-7-12-8-10-15(21)23-17(12)16/h7-11H,5-6H2,1-4H3. The molecule has 126 valence electrons. The summed E-state index contributed by atoms with van der Waals surface area (Å²) in [6.07, 6.45) is 1.85. The number of carbonyl (C=O) groups is 1. The lowest BCUT2D eigenvalue weighted by Crippen LogP contribution is -2.42. The van der Waals surface area contributed by atoms with E-state index in [0.717, 1.165) is 18.5 Å². The van der Waals surface area contributed by atoms with Gasteiger partial charge >= 0.3 is 5.63 Å². The first-order chi connectivity index (χ1) is 11.4. The topological polar surface area (TPSA) is 59.8 Å². The first-order valence-electron chi connectivity index (χ1n) is 8.14. The van der Waals surface area contributed by atoms with Gasteiger partial charge in [-0.1, -0.05) is 0 Å². The number of hydrogen-bond donors (Lipinski definition) is 0. The van der Waals surface area contributed by atoms with Gasteiger partial charge in [0, 0.05) is 30.7 Å². The maximum absolute atomic E-state index is 13.0. The molecule has 0 spiro atoms. The van der Waals surface area contributed by atoms with Crippen LogP contribution in [-0.2, 0) is 4.79 Å². The predicted molar refractivity (Wildman–Crippen MR) is 93.1 cm³/mol. The van der Waals surface area contributed by atoms with E-state index in [4.69, 9.17) is 9.15 Å². The highest BCUT2D eigenvalue weighted by molar-refractivity contribution is 6.28. The van der Waals surface area contributed by atoms with Gasteiger partial charge < -0.3 is 14.1 Å². The number of fused-ring (bicyclic) bond motifs is 3. The Bertz CT molecular complexity index is 888. The average molecular weight is 327 g/mol. The summed E-state index contributed by atoms with van der Waals surface area (Å²) in [5.41, 5.74) is 0.0540. The Morgan fingerprint density at radius 1 is 1.08 bits per heavy atom. The fourth-order valence-electron chi connectivity index (χ4n) is 2.93. The van der Waals surface area contributed by atoms with Crippen LogP contribution in [0.4, 0.5) is 0 Å². The normalized spacial score (nSPS) is 17.7. The van der Waals surface area contributed by atoms with Crippen molar-refractivity contribution in [2.45, 2.75) is 33.3 Å². The fraction of sp³-hybridized carbons (Fsp3) is 0.368. The third-order valence-electron chi connectivity index (χ3n) is 4.30. The van der Waals surface area contributed by atoms with Crippen LogP contribution >= 0.6 is 0 Å². The maximum Gasteiger partial charge on any atom is 0.336 e.